The Bertz CT molecular complexity index is 674. The van der Waals surface area contributed by atoms with Crippen LogP contribution in [0.25, 0.3) is 0 Å². The minimum Gasteiger partial charge on any atom is -0.460 e. The van der Waals surface area contributed by atoms with Gasteiger partial charge in [0.05, 0.1) is 0 Å². The highest BCUT2D eigenvalue weighted by Gasteiger charge is 2.22. The van der Waals surface area contributed by atoms with Gasteiger partial charge in [0.15, 0.2) is 0 Å². The Morgan fingerprint density at radius 3 is 2.52 bits per heavy atom. The normalized spacial score (nSPS) is 16.2. The molecule has 1 aromatic carbocycles. The van der Waals surface area contributed by atoms with Crippen LogP contribution in [-0.4, -0.2) is 40.7 Å². The van der Waals surface area contributed by atoms with E-state index >= 15 is 0 Å². The zero-order valence-electron chi connectivity index (χ0n) is 14.1. The second-order valence-electron chi connectivity index (χ2n) is 6.12. The Morgan fingerprint density at radius 2 is 1.84 bits per heavy atom. The summed E-state index contributed by atoms with van der Waals surface area (Å²) in [5, 5.41) is 0. The quantitative estimate of drug-likeness (QED) is 0.800. The van der Waals surface area contributed by atoms with E-state index in [1.165, 1.54) is 0 Å². The lowest BCUT2D eigenvalue weighted by molar-refractivity contribution is -0.0508. The van der Waals surface area contributed by atoms with E-state index in [9.17, 15) is 8.78 Å². The van der Waals surface area contributed by atoms with E-state index in [0.29, 0.717) is 12.6 Å². The summed E-state index contributed by atoms with van der Waals surface area (Å²) >= 11 is 0. The summed E-state index contributed by atoms with van der Waals surface area (Å²) in [4.78, 5) is 10.5. The summed E-state index contributed by atoms with van der Waals surface area (Å²) < 4.78 is 35.4. The highest BCUT2D eigenvalue weighted by Crippen LogP contribution is 2.24. The Balaban J connectivity index is 1.52. The van der Waals surface area contributed by atoms with Gasteiger partial charge in [-0.15, -0.1) is 0 Å². The predicted octanol–water partition coefficient (Wildman–Crippen LogP) is 3.43. The number of likely N-dealkylation sites (tertiary alicyclic amines) is 1. The average Bonchev–Trinajstić information content (AvgIpc) is 2.60. The second kappa shape index (κ2) is 8.20. The number of alkyl halides is 2. The van der Waals surface area contributed by atoms with Crippen molar-refractivity contribution < 1.29 is 18.3 Å². The first-order chi connectivity index (χ1) is 12.1. The van der Waals surface area contributed by atoms with Crippen molar-refractivity contribution in [3.8, 4) is 11.8 Å². The molecule has 0 amide bonds. The van der Waals surface area contributed by atoms with Crippen LogP contribution in [0.5, 0.6) is 11.8 Å². The largest absolute Gasteiger partial charge is 0.460 e. The highest BCUT2D eigenvalue weighted by molar-refractivity contribution is 5.33. The predicted molar refractivity (Wildman–Crippen MR) is 88.8 cm³/mol. The lowest BCUT2D eigenvalue weighted by Gasteiger charge is -2.31. The van der Waals surface area contributed by atoms with Gasteiger partial charge in [-0.25, -0.2) is 9.97 Å². The molecule has 5 nitrogen and oxygen atoms in total. The highest BCUT2D eigenvalue weighted by atomic mass is 19.3. The topological polar surface area (TPSA) is 47.5 Å². The van der Waals surface area contributed by atoms with Crippen molar-refractivity contribution in [1.82, 2.24) is 14.9 Å². The van der Waals surface area contributed by atoms with Gasteiger partial charge in [0.2, 0.25) is 0 Å². The second-order valence-corrected chi connectivity index (χ2v) is 6.12. The molecule has 25 heavy (non-hydrogen) atoms. The number of nitrogens with zero attached hydrogens (tertiary/aromatic N) is 3. The number of hydrogen-bond acceptors (Lipinski definition) is 5. The number of para-hydroxylation sites is 1. The van der Waals surface area contributed by atoms with Crippen molar-refractivity contribution in [3.63, 3.8) is 0 Å². The van der Waals surface area contributed by atoms with Crippen molar-refractivity contribution in [3.05, 3.63) is 47.8 Å². The number of benzene rings is 1. The Labute approximate surface area is 145 Å². The summed E-state index contributed by atoms with van der Waals surface area (Å²) in [6, 6.07) is 7.33. The number of hydrogen-bond donors (Lipinski definition) is 0. The molecule has 0 N–H and O–H groups in total. The summed E-state index contributed by atoms with van der Waals surface area (Å²) in [6.07, 6.45) is 5.23. The van der Waals surface area contributed by atoms with Crippen molar-refractivity contribution in [2.75, 3.05) is 13.1 Å². The smallest absolute Gasteiger partial charge is 0.387 e. The van der Waals surface area contributed by atoms with Crippen molar-refractivity contribution >= 4 is 0 Å². The van der Waals surface area contributed by atoms with Crippen molar-refractivity contribution in [2.45, 2.75) is 39.0 Å². The summed E-state index contributed by atoms with van der Waals surface area (Å²) in [6.45, 7) is 1.34. The summed E-state index contributed by atoms with van der Waals surface area (Å²) in [5.41, 5.74) is 1.76. The van der Waals surface area contributed by atoms with Gasteiger partial charge in [0.1, 0.15) is 11.9 Å². The van der Waals surface area contributed by atoms with E-state index in [-0.39, 0.29) is 11.9 Å². The molecule has 2 aromatic rings. The molecule has 1 aliphatic rings. The fourth-order valence-corrected chi connectivity index (χ4v) is 2.86. The van der Waals surface area contributed by atoms with E-state index < -0.39 is 6.61 Å². The molecule has 1 aromatic heterocycles. The third kappa shape index (κ3) is 5.09. The number of halogens is 2. The molecule has 0 bridgehead atoms. The van der Waals surface area contributed by atoms with Crippen LogP contribution in [-0.2, 0) is 6.54 Å². The first kappa shape index (κ1) is 17.5. The maximum Gasteiger partial charge on any atom is 0.387 e. The lowest BCUT2D eigenvalue weighted by Crippen LogP contribution is -2.38. The molecule has 0 saturated carbocycles. The van der Waals surface area contributed by atoms with Crippen LogP contribution in [0.2, 0.25) is 0 Å². The minimum absolute atomic E-state index is 0.0755. The van der Waals surface area contributed by atoms with Crippen LogP contribution in [0.15, 0.2) is 36.7 Å². The van der Waals surface area contributed by atoms with Crippen molar-refractivity contribution in [2.24, 2.45) is 0 Å². The maximum atomic E-state index is 12.5. The molecule has 7 heteroatoms. The molecule has 0 atom stereocenters. The maximum absolute atomic E-state index is 12.5. The standard InChI is InChI=1S/C18H21F2N3O2/c1-13-10-21-18(22-11-13)24-15-6-8-23(9-7-15)12-14-4-2-3-5-16(14)25-17(19)20/h2-5,10-11,15,17H,6-9,12H2,1H3. The Hall–Kier alpha value is -2.28. The van der Waals surface area contributed by atoms with Gasteiger partial charge in [-0.1, -0.05) is 18.2 Å². The molecular formula is C18H21F2N3O2. The Morgan fingerprint density at radius 1 is 1.16 bits per heavy atom. The van der Waals surface area contributed by atoms with E-state index in [1.54, 1.807) is 24.5 Å². The lowest BCUT2D eigenvalue weighted by atomic mass is 10.1. The van der Waals surface area contributed by atoms with Crippen LogP contribution in [0.4, 0.5) is 8.78 Å². The van der Waals surface area contributed by atoms with E-state index in [4.69, 9.17) is 4.74 Å². The van der Waals surface area contributed by atoms with Gasteiger partial charge in [0.25, 0.3) is 0 Å². The SMILES string of the molecule is Cc1cnc(OC2CCN(Cc3ccccc3OC(F)F)CC2)nc1. The van der Waals surface area contributed by atoms with Crippen LogP contribution in [0.1, 0.15) is 24.0 Å². The molecule has 0 radical (unpaired) electrons. The molecule has 134 valence electrons. The molecule has 2 heterocycles. The van der Waals surface area contributed by atoms with Crippen LogP contribution in [0.3, 0.4) is 0 Å². The van der Waals surface area contributed by atoms with E-state index in [0.717, 1.165) is 37.1 Å². The average molecular weight is 349 g/mol. The molecule has 0 unspecified atom stereocenters. The van der Waals surface area contributed by atoms with Crippen LogP contribution >= 0.6 is 0 Å². The molecular weight excluding hydrogens is 328 g/mol. The molecule has 0 spiro atoms. The zero-order valence-corrected chi connectivity index (χ0v) is 14.1. The number of rotatable bonds is 6. The van der Waals surface area contributed by atoms with Crippen LogP contribution in [0, 0.1) is 6.92 Å². The minimum atomic E-state index is -2.81. The van der Waals surface area contributed by atoms with Gasteiger partial charge >= 0.3 is 12.6 Å². The van der Waals surface area contributed by atoms with E-state index in [1.807, 2.05) is 19.1 Å². The van der Waals surface area contributed by atoms with Gasteiger partial charge < -0.3 is 9.47 Å². The first-order valence-corrected chi connectivity index (χ1v) is 8.30. The third-order valence-corrected chi connectivity index (χ3v) is 4.15. The molecule has 1 aliphatic heterocycles. The van der Waals surface area contributed by atoms with Gasteiger partial charge in [-0.05, 0) is 31.4 Å². The van der Waals surface area contributed by atoms with Crippen LogP contribution < -0.4 is 9.47 Å². The van der Waals surface area contributed by atoms with Gasteiger partial charge in [-0.3, -0.25) is 4.90 Å². The molecule has 0 aliphatic carbocycles. The van der Waals surface area contributed by atoms with Gasteiger partial charge in [0, 0.05) is 37.6 Å². The number of ether oxygens (including phenoxy) is 2. The number of aryl methyl sites for hydroxylation is 1. The first-order valence-electron chi connectivity index (χ1n) is 8.30. The molecule has 1 saturated heterocycles. The summed E-state index contributed by atoms with van der Waals surface area (Å²) in [7, 11) is 0. The molecule has 1 fully saturated rings. The Kier molecular flexibility index (Phi) is 5.75. The number of piperidine rings is 1. The van der Waals surface area contributed by atoms with E-state index in [2.05, 4.69) is 19.6 Å². The van der Waals surface area contributed by atoms with Gasteiger partial charge in [-0.2, -0.15) is 8.78 Å². The fraction of sp³-hybridized carbons (Fsp3) is 0.444. The molecule has 3 rings (SSSR count). The summed E-state index contributed by atoms with van der Waals surface area (Å²) in [5.74, 6) is 0.240. The van der Waals surface area contributed by atoms with Crippen molar-refractivity contribution in [1.29, 1.82) is 0 Å². The monoisotopic (exact) mass is 349 g/mol. The number of aromatic nitrogens is 2. The zero-order chi connectivity index (χ0) is 17.6. The third-order valence-electron chi connectivity index (χ3n) is 4.15. The fourth-order valence-electron chi connectivity index (χ4n) is 2.86.